The fourth-order valence-corrected chi connectivity index (χ4v) is 3.12. The third kappa shape index (κ3) is 3.20. The first-order valence-corrected chi connectivity index (χ1v) is 8.82. The summed E-state index contributed by atoms with van der Waals surface area (Å²) in [5.74, 6) is 0.865. The number of para-hydroxylation sites is 1. The molecule has 4 aromatic rings. The van der Waals surface area contributed by atoms with E-state index in [2.05, 4.69) is 66.5 Å². The molecule has 0 fully saturated rings. The van der Waals surface area contributed by atoms with Crippen LogP contribution >= 0.6 is 0 Å². The Morgan fingerprint density at radius 3 is 2.69 bits per heavy atom. The van der Waals surface area contributed by atoms with Crippen molar-refractivity contribution >= 4 is 16.7 Å². The van der Waals surface area contributed by atoms with Gasteiger partial charge in [-0.15, -0.1) is 0 Å². The van der Waals surface area contributed by atoms with E-state index < -0.39 is 0 Å². The lowest BCUT2D eigenvalue weighted by Crippen LogP contribution is -2.16. The molecule has 26 heavy (non-hydrogen) atoms. The second kappa shape index (κ2) is 6.33. The van der Waals surface area contributed by atoms with Crippen LogP contribution in [0.1, 0.15) is 32.0 Å². The molecule has 3 aromatic heterocycles. The summed E-state index contributed by atoms with van der Waals surface area (Å²) in [5, 5.41) is 9.45. The number of nitrogens with zero attached hydrogens (tertiary/aromatic N) is 3. The smallest absolute Gasteiger partial charge is 0.126 e. The zero-order chi connectivity index (χ0) is 18.1. The topological polar surface area (TPSA) is 58.5 Å². The van der Waals surface area contributed by atoms with Gasteiger partial charge in [0.05, 0.1) is 23.1 Å². The van der Waals surface area contributed by atoms with E-state index in [4.69, 9.17) is 5.10 Å². The van der Waals surface area contributed by atoms with Gasteiger partial charge in [-0.05, 0) is 24.3 Å². The fraction of sp³-hybridized carbons (Fsp3) is 0.238. The van der Waals surface area contributed by atoms with E-state index in [0.29, 0.717) is 6.54 Å². The van der Waals surface area contributed by atoms with Gasteiger partial charge < -0.3 is 10.3 Å². The molecule has 0 radical (unpaired) electrons. The monoisotopic (exact) mass is 345 g/mol. The molecule has 0 saturated heterocycles. The molecular weight excluding hydrogens is 322 g/mol. The molecule has 132 valence electrons. The Morgan fingerprint density at radius 2 is 1.92 bits per heavy atom. The Labute approximate surface area is 153 Å². The van der Waals surface area contributed by atoms with Crippen LogP contribution in [0, 0.1) is 0 Å². The van der Waals surface area contributed by atoms with Gasteiger partial charge in [-0.25, -0.2) is 9.67 Å². The summed E-state index contributed by atoms with van der Waals surface area (Å²) in [4.78, 5) is 7.65. The van der Waals surface area contributed by atoms with Crippen molar-refractivity contribution in [1.29, 1.82) is 0 Å². The van der Waals surface area contributed by atoms with Crippen molar-refractivity contribution in [1.82, 2.24) is 19.7 Å². The second-order valence-corrected chi connectivity index (χ2v) is 7.52. The number of aromatic nitrogens is 4. The first-order valence-electron chi connectivity index (χ1n) is 8.82. The Morgan fingerprint density at radius 1 is 1.12 bits per heavy atom. The minimum absolute atomic E-state index is 0.0327. The van der Waals surface area contributed by atoms with E-state index in [1.54, 1.807) is 0 Å². The van der Waals surface area contributed by atoms with Crippen molar-refractivity contribution in [2.75, 3.05) is 5.32 Å². The van der Waals surface area contributed by atoms with E-state index in [1.165, 1.54) is 5.56 Å². The van der Waals surface area contributed by atoms with Crippen LogP contribution in [0.15, 0.2) is 61.1 Å². The average molecular weight is 345 g/mol. The predicted molar refractivity (Wildman–Crippen MR) is 106 cm³/mol. The van der Waals surface area contributed by atoms with E-state index >= 15 is 0 Å². The van der Waals surface area contributed by atoms with Crippen LogP contribution in [-0.4, -0.2) is 19.7 Å². The number of fused-ring (bicyclic) bond motifs is 1. The number of hydrogen-bond acceptors (Lipinski definition) is 3. The number of anilines is 1. The Kier molecular flexibility index (Phi) is 3.99. The fourth-order valence-electron chi connectivity index (χ4n) is 3.12. The van der Waals surface area contributed by atoms with Gasteiger partial charge in [0.25, 0.3) is 0 Å². The molecule has 0 aliphatic rings. The maximum Gasteiger partial charge on any atom is 0.126 e. The molecule has 0 aliphatic carbocycles. The second-order valence-electron chi connectivity index (χ2n) is 7.52. The van der Waals surface area contributed by atoms with Gasteiger partial charge in [0.2, 0.25) is 0 Å². The van der Waals surface area contributed by atoms with Gasteiger partial charge in [0, 0.05) is 35.3 Å². The van der Waals surface area contributed by atoms with Crippen molar-refractivity contribution < 1.29 is 0 Å². The summed E-state index contributed by atoms with van der Waals surface area (Å²) in [7, 11) is 0. The molecule has 0 aliphatic heterocycles. The van der Waals surface area contributed by atoms with Gasteiger partial charge in [-0.3, -0.25) is 0 Å². The minimum atomic E-state index is -0.0327. The van der Waals surface area contributed by atoms with E-state index in [9.17, 15) is 0 Å². The van der Waals surface area contributed by atoms with E-state index in [1.807, 2.05) is 35.3 Å². The third-order valence-corrected chi connectivity index (χ3v) is 4.42. The van der Waals surface area contributed by atoms with Crippen LogP contribution in [0.3, 0.4) is 0 Å². The van der Waals surface area contributed by atoms with Gasteiger partial charge >= 0.3 is 0 Å². The average Bonchev–Trinajstić information content (AvgIpc) is 3.27. The van der Waals surface area contributed by atoms with Gasteiger partial charge in [0.15, 0.2) is 0 Å². The first-order chi connectivity index (χ1) is 12.5. The van der Waals surface area contributed by atoms with Crippen molar-refractivity contribution in [2.24, 2.45) is 0 Å². The van der Waals surface area contributed by atoms with E-state index in [-0.39, 0.29) is 5.41 Å². The number of H-pyrrole nitrogens is 1. The summed E-state index contributed by atoms with van der Waals surface area (Å²) in [6.07, 6.45) is 5.89. The highest BCUT2D eigenvalue weighted by Crippen LogP contribution is 2.26. The molecule has 0 amide bonds. The first kappa shape index (κ1) is 16.4. The van der Waals surface area contributed by atoms with Gasteiger partial charge in [0.1, 0.15) is 5.82 Å². The molecule has 0 saturated carbocycles. The Balaban J connectivity index is 1.63. The number of aromatic amines is 1. The Hall–Kier alpha value is -3.08. The quantitative estimate of drug-likeness (QED) is 0.565. The zero-order valence-electron chi connectivity index (χ0n) is 15.3. The molecular formula is C21H23N5. The largest absolute Gasteiger partial charge is 0.366 e. The lowest BCUT2D eigenvalue weighted by Gasteiger charge is -2.17. The van der Waals surface area contributed by atoms with Crippen LogP contribution in [0.5, 0.6) is 0 Å². The number of hydrogen-bond donors (Lipinski definition) is 2. The molecule has 0 bridgehead atoms. The zero-order valence-corrected chi connectivity index (χ0v) is 15.3. The summed E-state index contributed by atoms with van der Waals surface area (Å²) < 4.78 is 1.96. The molecule has 3 heterocycles. The summed E-state index contributed by atoms with van der Waals surface area (Å²) in [6, 6.07) is 14.3. The highest BCUT2D eigenvalue weighted by atomic mass is 15.3. The SMILES string of the molecule is CC(C)(C)c1nn(-c2ccccc2)cc1CNc1cc2cc[nH]c2cn1. The normalized spacial score (nSPS) is 11.8. The summed E-state index contributed by atoms with van der Waals surface area (Å²) in [5.41, 5.74) is 4.35. The van der Waals surface area contributed by atoms with Crippen molar-refractivity contribution in [3.8, 4) is 5.69 Å². The Bertz CT molecular complexity index is 1020. The predicted octanol–water partition coefficient (Wildman–Crippen LogP) is 4.66. The lowest BCUT2D eigenvalue weighted by atomic mass is 9.89. The molecule has 1 aromatic carbocycles. The maximum absolute atomic E-state index is 4.86. The molecule has 0 unspecified atom stereocenters. The van der Waals surface area contributed by atoms with Crippen LogP contribution in [0.2, 0.25) is 0 Å². The van der Waals surface area contributed by atoms with Crippen molar-refractivity contribution in [3.63, 3.8) is 0 Å². The number of nitrogens with one attached hydrogen (secondary N) is 2. The van der Waals surface area contributed by atoms with Crippen molar-refractivity contribution in [3.05, 3.63) is 72.3 Å². The van der Waals surface area contributed by atoms with Crippen LogP contribution < -0.4 is 5.32 Å². The molecule has 5 heteroatoms. The van der Waals surface area contributed by atoms with Gasteiger partial charge in [-0.2, -0.15) is 5.10 Å². The molecule has 5 nitrogen and oxygen atoms in total. The van der Waals surface area contributed by atoms with Crippen molar-refractivity contribution in [2.45, 2.75) is 32.7 Å². The minimum Gasteiger partial charge on any atom is -0.366 e. The molecule has 2 N–H and O–H groups in total. The molecule has 0 spiro atoms. The van der Waals surface area contributed by atoms with Crippen LogP contribution in [0.4, 0.5) is 5.82 Å². The number of benzene rings is 1. The highest BCUT2D eigenvalue weighted by Gasteiger charge is 2.22. The molecule has 0 atom stereocenters. The van der Waals surface area contributed by atoms with Gasteiger partial charge in [-0.1, -0.05) is 39.0 Å². The maximum atomic E-state index is 4.86. The summed E-state index contributed by atoms with van der Waals surface area (Å²) in [6.45, 7) is 7.26. The van der Waals surface area contributed by atoms with Crippen LogP contribution in [0.25, 0.3) is 16.6 Å². The van der Waals surface area contributed by atoms with Crippen LogP contribution in [-0.2, 0) is 12.0 Å². The number of pyridine rings is 1. The van der Waals surface area contributed by atoms with E-state index in [0.717, 1.165) is 28.1 Å². The molecule has 4 rings (SSSR count). The summed E-state index contributed by atoms with van der Waals surface area (Å²) >= 11 is 0. The highest BCUT2D eigenvalue weighted by molar-refractivity contribution is 5.80. The standard InChI is InChI=1S/C21H23N5/c1-21(2,3)20-16(14-26(25-20)17-7-5-4-6-8-17)12-23-19-11-15-9-10-22-18(15)13-24-19/h4-11,13-14,22H,12H2,1-3H3,(H,23,24). The lowest BCUT2D eigenvalue weighted by molar-refractivity contribution is 0.555. The third-order valence-electron chi connectivity index (χ3n) is 4.42. The number of rotatable bonds is 4.